The van der Waals surface area contributed by atoms with E-state index >= 15 is 0 Å². The second-order valence-corrected chi connectivity index (χ2v) is 5.69. The highest BCUT2D eigenvalue weighted by Crippen LogP contribution is 2.39. The normalized spacial score (nSPS) is 19.1. The summed E-state index contributed by atoms with van der Waals surface area (Å²) in [5.74, 6) is 0. The lowest BCUT2D eigenvalue weighted by atomic mass is 9.95. The Morgan fingerprint density at radius 3 is 2.78 bits per heavy atom. The Hall–Kier alpha value is -0.490. The number of rotatable bonds is 5. The van der Waals surface area contributed by atoms with Gasteiger partial charge < -0.3 is 15.2 Å². The lowest BCUT2D eigenvalue weighted by Gasteiger charge is -2.35. The molecule has 102 valence electrons. The first-order chi connectivity index (χ1) is 8.72. The monoisotopic (exact) mass is 270 g/mol. The van der Waals surface area contributed by atoms with Crippen molar-refractivity contribution in [3.05, 3.63) is 15.6 Å². The Morgan fingerprint density at radius 2 is 2.17 bits per heavy atom. The topological polar surface area (TPSA) is 57.4 Å². The van der Waals surface area contributed by atoms with Gasteiger partial charge in [-0.25, -0.2) is 4.98 Å². The number of nitrogens with two attached hydrogens (primary N) is 1. The highest BCUT2D eigenvalue weighted by Gasteiger charge is 2.38. The predicted octanol–water partition coefficient (Wildman–Crippen LogP) is 1.99. The average molecular weight is 270 g/mol. The molecule has 5 heteroatoms. The third-order valence-electron chi connectivity index (χ3n) is 3.37. The average Bonchev–Trinajstić information content (AvgIpc) is 2.74. The molecule has 1 fully saturated rings. The van der Waals surface area contributed by atoms with E-state index in [1.165, 1.54) is 4.88 Å². The highest BCUT2D eigenvalue weighted by atomic mass is 32.1. The van der Waals surface area contributed by atoms with Crippen molar-refractivity contribution in [2.45, 2.75) is 38.7 Å². The number of thiazole rings is 1. The summed E-state index contributed by atoms with van der Waals surface area (Å²) in [7, 11) is 0. The Balaban J connectivity index is 2.27. The maximum atomic E-state index is 6.04. The molecule has 0 atom stereocenters. The zero-order valence-electron chi connectivity index (χ0n) is 11.2. The number of aryl methyl sites for hydroxylation is 1. The minimum atomic E-state index is -0.227. The fourth-order valence-corrected chi connectivity index (χ4v) is 3.66. The van der Waals surface area contributed by atoms with Gasteiger partial charge in [0.05, 0.1) is 5.69 Å². The van der Waals surface area contributed by atoms with Gasteiger partial charge in [0.25, 0.3) is 0 Å². The summed E-state index contributed by atoms with van der Waals surface area (Å²) in [4.78, 5) is 6.02. The van der Waals surface area contributed by atoms with Crippen molar-refractivity contribution in [3.63, 3.8) is 0 Å². The molecular formula is C13H22N2O2S. The van der Waals surface area contributed by atoms with Gasteiger partial charge >= 0.3 is 0 Å². The summed E-state index contributed by atoms with van der Waals surface area (Å²) < 4.78 is 11.5. The fourth-order valence-electron chi connectivity index (χ4n) is 2.38. The second-order valence-electron chi connectivity index (χ2n) is 4.61. The predicted molar refractivity (Wildman–Crippen MR) is 73.0 cm³/mol. The number of aromatic nitrogens is 1. The van der Waals surface area contributed by atoms with Crippen molar-refractivity contribution in [1.29, 1.82) is 0 Å². The fraction of sp³-hybridized carbons (Fsp3) is 0.769. The van der Waals surface area contributed by atoms with Crippen LogP contribution in [0.15, 0.2) is 0 Å². The molecule has 0 spiro atoms. The largest absolute Gasteiger partial charge is 0.381 e. The molecule has 0 aliphatic carbocycles. The molecule has 1 aromatic heterocycles. The van der Waals surface area contributed by atoms with Crippen LogP contribution in [0.1, 0.15) is 35.3 Å². The molecule has 0 aromatic carbocycles. The molecule has 1 aliphatic rings. The van der Waals surface area contributed by atoms with Crippen molar-refractivity contribution >= 4 is 11.3 Å². The molecule has 4 nitrogen and oxygen atoms in total. The molecule has 0 bridgehead atoms. The van der Waals surface area contributed by atoms with Crippen LogP contribution in [0.25, 0.3) is 0 Å². The molecule has 18 heavy (non-hydrogen) atoms. The van der Waals surface area contributed by atoms with Gasteiger partial charge in [-0.15, -0.1) is 11.3 Å². The lowest BCUT2D eigenvalue weighted by molar-refractivity contribution is -0.112. The van der Waals surface area contributed by atoms with Gasteiger partial charge in [-0.3, -0.25) is 0 Å². The van der Waals surface area contributed by atoms with Crippen LogP contribution < -0.4 is 5.73 Å². The number of hydrogen-bond acceptors (Lipinski definition) is 5. The summed E-state index contributed by atoms with van der Waals surface area (Å²) in [6, 6.07) is 0. The SMILES string of the molecule is CCOC1(c2nc(C)c(CCN)s2)CCOCC1. The molecule has 1 aromatic rings. The summed E-state index contributed by atoms with van der Waals surface area (Å²) in [6.07, 6.45) is 2.70. The van der Waals surface area contributed by atoms with Gasteiger partial charge in [-0.2, -0.15) is 0 Å². The van der Waals surface area contributed by atoms with Crippen LogP contribution in [0.5, 0.6) is 0 Å². The van der Waals surface area contributed by atoms with Gasteiger partial charge in [0.15, 0.2) is 0 Å². The lowest BCUT2D eigenvalue weighted by Crippen LogP contribution is -2.36. The Morgan fingerprint density at radius 1 is 1.44 bits per heavy atom. The smallest absolute Gasteiger partial charge is 0.125 e. The van der Waals surface area contributed by atoms with Crippen LogP contribution in [0.4, 0.5) is 0 Å². The summed E-state index contributed by atoms with van der Waals surface area (Å²) in [5.41, 5.74) is 6.51. The van der Waals surface area contributed by atoms with Crippen LogP contribution in [0, 0.1) is 6.92 Å². The Kier molecular flexibility index (Phi) is 4.72. The molecule has 2 N–H and O–H groups in total. The van der Waals surface area contributed by atoms with Gasteiger partial charge in [0, 0.05) is 37.5 Å². The Bertz CT molecular complexity index is 381. The van der Waals surface area contributed by atoms with E-state index in [0.29, 0.717) is 13.2 Å². The van der Waals surface area contributed by atoms with Crippen LogP contribution in [-0.2, 0) is 21.5 Å². The standard InChI is InChI=1S/C13H22N2O2S/c1-3-17-13(5-8-16-9-6-13)12-15-10(2)11(18-12)4-7-14/h3-9,14H2,1-2H3. The van der Waals surface area contributed by atoms with E-state index < -0.39 is 0 Å². The van der Waals surface area contributed by atoms with E-state index in [2.05, 4.69) is 6.92 Å². The van der Waals surface area contributed by atoms with Gasteiger partial charge in [-0.1, -0.05) is 0 Å². The van der Waals surface area contributed by atoms with Crippen molar-refractivity contribution in [2.24, 2.45) is 5.73 Å². The third kappa shape index (κ3) is 2.74. The van der Waals surface area contributed by atoms with E-state index in [1.54, 1.807) is 11.3 Å². The first kappa shape index (κ1) is 13.9. The summed E-state index contributed by atoms with van der Waals surface area (Å²) >= 11 is 1.76. The highest BCUT2D eigenvalue weighted by molar-refractivity contribution is 7.11. The molecule has 0 amide bonds. The molecule has 1 aliphatic heterocycles. The molecule has 1 saturated heterocycles. The van der Waals surface area contributed by atoms with Crippen molar-refractivity contribution in [3.8, 4) is 0 Å². The summed E-state index contributed by atoms with van der Waals surface area (Å²) in [5, 5.41) is 1.11. The van der Waals surface area contributed by atoms with Crippen LogP contribution in [0.2, 0.25) is 0 Å². The molecule has 2 heterocycles. The molecular weight excluding hydrogens is 248 g/mol. The molecule has 0 unspecified atom stereocenters. The van der Waals surface area contributed by atoms with E-state index in [1.807, 2.05) is 6.92 Å². The van der Waals surface area contributed by atoms with Crippen LogP contribution in [0.3, 0.4) is 0 Å². The third-order valence-corrected chi connectivity index (χ3v) is 4.78. The first-order valence-electron chi connectivity index (χ1n) is 6.60. The van der Waals surface area contributed by atoms with E-state index in [4.69, 9.17) is 20.2 Å². The first-order valence-corrected chi connectivity index (χ1v) is 7.42. The quantitative estimate of drug-likeness (QED) is 0.889. The van der Waals surface area contributed by atoms with E-state index in [9.17, 15) is 0 Å². The second kappa shape index (κ2) is 6.10. The van der Waals surface area contributed by atoms with Gasteiger partial charge in [0.1, 0.15) is 10.6 Å². The zero-order chi connectivity index (χ0) is 13.0. The van der Waals surface area contributed by atoms with Crippen molar-refractivity contribution in [2.75, 3.05) is 26.4 Å². The summed E-state index contributed by atoms with van der Waals surface area (Å²) in [6.45, 7) is 7.00. The maximum absolute atomic E-state index is 6.04. The Labute approximate surface area is 113 Å². The van der Waals surface area contributed by atoms with Crippen LogP contribution in [-0.4, -0.2) is 31.3 Å². The number of hydrogen-bond donors (Lipinski definition) is 1. The zero-order valence-corrected chi connectivity index (χ0v) is 12.0. The molecule has 2 rings (SSSR count). The van der Waals surface area contributed by atoms with Crippen molar-refractivity contribution < 1.29 is 9.47 Å². The molecule has 0 saturated carbocycles. The minimum Gasteiger partial charge on any atom is -0.381 e. The van der Waals surface area contributed by atoms with E-state index in [-0.39, 0.29) is 5.60 Å². The number of ether oxygens (including phenoxy) is 2. The maximum Gasteiger partial charge on any atom is 0.125 e. The minimum absolute atomic E-state index is 0.227. The van der Waals surface area contributed by atoms with Crippen molar-refractivity contribution in [1.82, 2.24) is 4.98 Å². The van der Waals surface area contributed by atoms with Crippen LogP contribution >= 0.6 is 11.3 Å². The number of nitrogens with zero attached hydrogens (tertiary/aromatic N) is 1. The van der Waals surface area contributed by atoms with E-state index in [0.717, 1.165) is 43.2 Å². The van der Waals surface area contributed by atoms with Gasteiger partial charge in [-0.05, 0) is 26.8 Å². The molecule has 0 radical (unpaired) electrons. The van der Waals surface area contributed by atoms with Gasteiger partial charge in [0.2, 0.25) is 0 Å².